The summed E-state index contributed by atoms with van der Waals surface area (Å²) in [7, 11) is 0. The molecule has 0 saturated carbocycles. The van der Waals surface area contributed by atoms with Crippen LogP contribution in [-0.4, -0.2) is 15.1 Å². The Morgan fingerprint density at radius 1 is 0.933 bits per heavy atom. The minimum absolute atomic E-state index is 0.167. The van der Waals surface area contributed by atoms with Crippen molar-refractivity contribution in [2.24, 2.45) is 0 Å². The van der Waals surface area contributed by atoms with Gasteiger partial charge in [0.05, 0.1) is 16.1 Å². The van der Waals surface area contributed by atoms with Gasteiger partial charge in [-0.15, -0.1) is 0 Å². The molecule has 4 nitrogen and oxygen atoms in total. The fraction of sp³-hybridized carbons (Fsp3) is 0.125. The zero-order valence-corrected chi connectivity index (χ0v) is 17.8. The number of halogens is 2. The molecule has 0 aliphatic rings. The minimum Gasteiger partial charge on any atom is -0.505 e. The molecule has 0 aliphatic heterocycles. The molecule has 0 spiro atoms. The normalized spacial score (nSPS) is 11.4. The highest BCUT2D eigenvalue weighted by Crippen LogP contribution is 2.38. The molecule has 6 heteroatoms. The number of nitrogens with zero attached hydrogens (tertiary/aromatic N) is 3. The van der Waals surface area contributed by atoms with Gasteiger partial charge in [-0.1, -0.05) is 55.8 Å². The highest BCUT2D eigenvalue weighted by atomic mass is 35.5. The van der Waals surface area contributed by atoms with Gasteiger partial charge in [-0.25, -0.2) is 9.97 Å². The van der Waals surface area contributed by atoms with Crippen LogP contribution in [0.3, 0.4) is 0 Å². The molecule has 148 valence electrons. The molecule has 4 rings (SSSR count). The Balaban J connectivity index is 1.70. The number of nitriles is 1. The van der Waals surface area contributed by atoms with E-state index in [4.69, 9.17) is 23.2 Å². The van der Waals surface area contributed by atoms with Crippen LogP contribution in [-0.2, 0) is 5.41 Å². The summed E-state index contributed by atoms with van der Waals surface area (Å²) in [6.07, 6.45) is 1.72. The number of rotatable bonds is 3. The first-order valence-electron chi connectivity index (χ1n) is 9.26. The molecule has 3 aromatic carbocycles. The molecule has 0 radical (unpaired) electrons. The predicted molar refractivity (Wildman–Crippen MR) is 120 cm³/mol. The number of fused-ring (bicyclic) bond motifs is 1. The molecule has 0 unspecified atom stereocenters. The van der Waals surface area contributed by atoms with Gasteiger partial charge in [0.2, 0.25) is 5.28 Å². The Kier molecular flexibility index (Phi) is 5.11. The lowest BCUT2D eigenvalue weighted by molar-refractivity contribution is 0.473. The Labute approximate surface area is 184 Å². The summed E-state index contributed by atoms with van der Waals surface area (Å²) >= 11 is 12.0. The van der Waals surface area contributed by atoms with Gasteiger partial charge in [0.15, 0.2) is 5.75 Å². The Bertz CT molecular complexity index is 1310. The van der Waals surface area contributed by atoms with Crippen molar-refractivity contribution in [3.8, 4) is 22.9 Å². The van der Waals surface area contributed by atoms with E-state index in [0.717, 1.165) is 33.2 Å². The number of phenolic OH excluding ortho intramolecular Hbond substituents is 1. The smallest absolute Gasteiger partial charge is 0.222 e. The standard InChI is InChI=1S/C24H17Cl2N3O/c1-24(2,19-10-16(12-27)22(30)20(25)11-19)18-6-3-14(4-7-18)15-5-8-21-17(9-15)13-28-23(26)29-21/h3-11,13,30H,1-2H3. The summed E-state index contributed by atoms with van der Waals surface area (Å²) in [6, 6.07) is 19.6. The molecule has 30 heavy (non-hydrogen) atoms. The van der Waals surface area contributed by atoms with Gasteiger partial charge in [0.1, 0.15) is 6.07 Å². The average Bonchev–Trinajstić information content (AvgIpc) is 2.75. The lowest BCUT2D eigenvalue weighted by Crippen LogP contribution is -2.19. The third-order valence-corrected chi connectivity index (χ3v) is 5.87. The zero-order chi connectivity index (χ0) is 21.5. The van der Waals surface area contributed by atoms with Crippen LogP contribution in [0.15, 0.2) is 60.8 Å². The molecule has 1 N–H and O–H groups in total. The molecule has 1 aromatic heterocycles. The lowest BCUT2D eigenvalue weighted by Gasteiger charge is -2.27. The summed E-state index contributed by atoms with van der Waals surface area (Å²) in [6.45, 7) is 4.12. The van der Waals surface area contributed by atoms with Gasteiger partial charge >= 0.3 is 0 Å². The SMILES string of the molecule is CC(C)(c1ccc(-c2ccc3nc(Cl)ncc3c2)cc1)c1cc(Cl)c(O)c(C#N)c1. The van der Waals surface area contributed by atoms with Crippen molar-refractivity contribution in [1.29, 1.82) is 5.26 Å². The second-order valence-corrected chi connectivity index (χ2v) is 8.33. The second kappa shape index (κ2) is 7.60. The molecule has 0 bridgehead atoms. The van der Waals surface area contributed by atoms with Crippen molar-refractivity contribution in [2.75, 3.05) is 0 Å². The monoisotopic (exact) mass is 433 g/mol. The van der Waals surface area contributed by atoms with E-state index in [-0.39, 0.29) is 21.6 Å². The number of aromatic hydroxyl groups is 1. The van der Waals surface area contributed by atoms with Crippen LogP contribution in [0.25, 0.3) is 22.0 Å². The summed E-state index contributed by atoms with van der Waals surface area (Å²) in [5, 5.41) is 20.5. The largest absolute Gasteiger partial charge is 0.505 e. The van der Waals surface area contributed by atoms with E-state index in [2.05, 4.69) is 48.1 Å². The van der Waals surface area contributed by atoms with Crippen LogP contribution in [0.4, 0.5) is 0 Å². The van der Waals surface area contributed by atoms with Crippen LogP contribution >= 0.6 is 23.2 Å². The van der Waals surface area contributed by atoms with Gasteiger partial charge < -0.3 is 5.11 Å². The van der Waals surface area contributed by atoms with Gasteiger partial charge in [0, 0.05) is 17.0 Å². The van der Waals surface area contributed by atoms with E-state index in [9.17, 15) is 10.4 Å². The first kappa shape index (κ1) is 20.2. The second-order valence-electron chi connectivity index (χ2n) is 7.58. The first-order valence-corrected chi connectivity index (χ1v) is 10.0. The summed E-state index contributed by atoms with van der Waals surface area (Å²) in [5.74, 6) is -0.185. The van der Waals surface area contributed by atoms with Crippen LogP contribution in [0, 0.1) is 11.3 Å². The number of hydrogen-bond donors (Lipinski definition) is 1. The molecule has 1 heterocycles. The molecular formula is C24H17Cl2N3O. The maximum Gasteiger partial charge on any atom is 0.222 e. The van der Waals surface area contributed by atoms with Crippen LogP contribution in [0.2, 0.25) is 10.3 Å². The molecule has 0 saturated heterocycles. The van der Waals surface area contributed by atoms with Gasteiger partial charge in [-0.2, -0.15) is 5.26 Å². The van der Waals surface area contributed by atoms with E-state index in [1.54, 1.807) is 18.3 Å². The van der Waals surface area contributed by atoms with E-state index in [1.807, 2.05) is 24.3 Å². The molecule has 0 atom stereocenters. The van der Waals surface area contributed by atoms with Crippen molar-refractivity contribution in [2.45, 2.75) is 19.3 Å². The minimum atomic E-state index is -0.407. The highest BCUT2D eigenvalue weighted by molar-refractivity contribution is 6.32. The van der Waals surface area contributed by atoms with Gasteiger partial charge in [0.25, 0.3) is 0 Å². The molecule has 4 aromatic rings. The van der Waals surface area contributed by atoms with E-state index >= 15 is 0 Å². The topological polar surface area (TPSA) is 69.8 Å². The van der Waals surface area contributed by atoms with Crippen LogP contribution in [0.1, 0.15) is 30.5 Å². The highest BCUT2D eigenvalue weighted by Gasteiger charge is 2.25. The fourth-order valence-electron chi connectivity index (χ4n) is 3.48. The number of aromatic nitrogens is 2. The van der Waals surface area contributed by atoms with Crippen LogP contribution in [0.5, 0.6) is 5.75 Å². The van der Waals surface area contributed by atoms with E-state index in [1.165, 1.54) is 0 Å². The third kappa shape index (κ3) is 3.59. The predicted octanol–water partition coefficient (Wildman–Crippen LogP) is 6.51. The van der Waals surface area contributed by atoms with Crippen molar-refractivity contribution >= 4 is 34.1 Å². The molecule has 0 fully saturated rings. The first-order chi connectivity index (χ1) is 14.3. The van der Waals surface area contributed by atoms with Crippen molar-refractivity contribution in [3.05, 3.63) is 87.8 Å². The van der Waals surface area contributed by atoms with Gasteiger partial charge in [-0.3, -0.25) is 0 Å². The third-order valence-electron chi connectivity index (χ3n) is 5.40. The maximum absolute atomic E-state index is 9.94. The quantitative estimate of drug-likeness (QED) is 0.374. The molecular weight excluding hydrogens is 417 g/mol. The van der Waals surface area contributed by atoms with Crippen LogP contribution < -0.4 is 0 Å². The number of benzene rings is 3. The van der Waals surface area contributed by atoms with E-state index < -0.39 is 5.41 Å². The lowest BCUT2D eigenvalue weighted by atomic mass is 9.77. The molecule has 0 amide bonds. The number of hydrogen-bond acceptors (Lipinski definition) is 4. The Morgan fingerprint density at radius 3 is 2.33 bits per heavy atom. The van der Waals surface area contributed by atoms with Gasteiger partial charge in [-0.05, 0) is 58.1 Å². The Hall–Kier alpha value is -3.13. The van der Waals surface area contributed by atoms with Crippen molar-refractivity contribution in [1.82, 2.24) is 9.97 Å². The molecule has 0 aliphatic carbocycles. The maximum atomic E-state index is 9.94. The van der Waals surface area contributed by atoms with Crippen molar-refractivity contribution < 1.29 is 5.11 Å². The fourth-order valence-corrected chi connectivity index (χ4v) is 3.84. The Morgan fingerprint density at radius 2 is 1.63 bits per heavy atom. The summed E-state index contributed by atoms with van der Waals surface area (Å²) in [4.78, 5) is 8.27. The number of phenols is 1. The zero-order valence-electron chi connectivity index (χ0n) is 16.3. The summed E-state index contributed by atoms with van der Waals surface area (Å²) in [5.41, 5.74) is 4.59. The van der Waals surface area contributed by atoms with E-state index in [0.29, 0.717) is 0 Å². The average molecular weight is 434 g/mol. The van der Waals surface area contributed by atoms with Crippen molar-refractivity contribution in [3.63, 3.8) is 0 Å². The summed E-state index contributed by atoms with van der Waals surface area (Å²) < 4.78 is 0.